The molecule has 2 fully saturated rings. The van der Waals surface area contributed by atoms with Crippen LogP contribution in [0.1, 0.15) is 37.3 Å². The minimum atomic E-state index is -0.549. The van der Waals surface area contributed by atoms with Gasteiger partial charge in [-0.2, -0.15) is 0 Å². The summed E-state index contributed by atoms with van der Waals surface area (Å²) in [5, 5.41) is 3.24. The van der Waals surface area contributed by atoms with Crippen molar-refractivity contribution in [2.75, 3.05) is 57.3 Å². The standard InChI is InChI=1S/C28H38N4O2/c1-23-8-6-11-26(22-23)32-20-18-30(19-21-32)15-7-14-29-27(34)28(25-9-4-3-5-10-25)12-16-31(17-13-28)24(2)33/h3-6,8-11,22H,7,12-21H2,1-2H3,(H,29,34). The molecule has 6 nitrogen and oxygen atoms in total. The summed E-state index contributed by atoms with van der Waals surface area (Å²) in [5.74, 6) is 0.190. The van der Waals surface area contributed by atoms with Gasteiger partial charge in [-0.25, -0.2) is 0 Å². The minimum absolute atomic E-state index is 0.0876. The quantitative estimate of drug-likeness (QED) is 0.642. The molecule has 0 saturated carbocycles. The van der Waals surface area contributed by atoms with Crippen LogP contribution in [-0.4, -0.2) is 74.0 Å². The number of rotatable bonds is 7. The van der Waals surface area contributed by atoms with Crippen molar-refractivity contribution in [2.24, 2.45) is 0 Å². The minimum Gasteiger partial charge on any atom is -0.369 e. The molecule has 0 aromatic heterocycles. The average molecular weight is 463 g/mol. The van der Waals surface area contributed by atoms with Gasteiger partial charge < -0.3 is 15.1 Å². The second-order valence-electron chi connectivity index (χ2n) is 9.73. The molecule has 2 amide bonds. The van der Waals surface area contributed by atoms with Crippen LogP contribution >= 0.6 is 0 Å². The van der Waals surface area contributed by atoms with E-state index in [0.717, 1.165) is 44.7 Å². The van der Waals surface area contributed by atoms with E-state index in [0.29, 0.717) is 32.5 Å². The molecule has 0 radical (unpaired) electrons. The van der Waals surface area contributed by atoms with E-state index < -0.39 is 5.41 Å². The van der Waals surface area contributed by atoms with Crippen molar-refractivity contribution in [3.05, 3.63) is 65.7 Å². The van der Waals surface area contributed by atoms with Crippen LogP contribution in [0, 0.1) is 6.92 Å². The van der Waals surface area contributed by atoms with Gasteiger partial charge in [-0.15, -0.1) is 0 Å². The van der Waals surface area contributed by atoms with E-state index in [4.69, 9.17) is 0 Å². The molecule has 0 bridgehead atoms. The van der Waals surface area contributed by atoms with Crippen molar-refractivity contribution in [1.29, 1.82) is 0 Å². The first-order valence-electron chi connectivity index (χ1n) is 12.6. The lowest BCUT2D eigenvalue weighted by molar-refractivity contribution is -0.135. The molecule has 2 aliphatic rings. The number of benzene rings is 2. The number of nitrogens with one attached hydrogen (secondary N) is 1. The van der Waals surface area contributed by atoms with Crippen LogP contribution in [0.5, 0.6) is 0 Å². The number of hydrogen-bond donors (Lipinski definition) is 1. The molecule has 0 unspecified atom stereocenters. The summed E-state index contributed by atoms with van der Waals surface area (Å²) < 4.78 is 0. The second-order valence-corrected chi connectivity index (χ2v) is 9.73. The Kier molecular flexibility index (Phi) is 7.88. The Morgan fingerprint density at radius 3 is 2.26 bits per heavy atom. The summed E-state index contributed by atoms with van der Waals surface area (Å²) in [4.78, 5) is 32.1. The third kappa shape index (κ3) is 5.61. The largest absolute Gasteiger partial charge is 0.369 e. The molecule has 2 aromatic rings. The lowest BCUT2D eigenvalue weighted by Crippen LogP contribution is -2.53. The summed E-state index contributed by atoms with van der Waals surface area (Å²) in [6.45, 7) is 10.9. The first-order valence-corrected chi connectivity index (χ1v) is 12.6. The molecule has 2 aliphatic heterocycles. The molecule has 2 heterocycles. The van der Waals surface area contributed by atoms with Crippen LogP contribution in [0.4, 0.5) is 5.69 Å². The number of amides is 2. The maximum atomic E-state index is 13.4. The number of nitrogens with zero attached hydrogens (tertiary/aromatic N) is 3. The van der Waals surface area contributed by atoms with E-state index in [2.05, 4.69) is 58.4 Å². The molecular weight excluding hydrogens is 424 g/mol. The van der Waals surface area contributed by atoms with Crippen LogP contribution in [0.3, 0.4) is 0 Å². The number of piperazine rings is 1. The molecular formula is C28H38N4O2. The highest BCUT2D eigenvalue weighted by molar-refractivity contribution is 5.88. The van der Waals surface area contributed by atoms with Gasteiger partial charge in [-0.1, -0.05) is 42.5 Å². The van der Waals surface area contributed by atoms with Crippen molar-refractivity contribution in [1.82, 2.24) is 15.1 Å². The molecule has 2 saturated heterocycles. The molecule has 4 rings (SSSR count). The number of carbonyl (C=O) groups excluding carboxylic acids is 2. The Balaban J connectivity index is 1.26. The van der Waals surface area contributed by atoms with Crippen molar-refractivity contribution >= 4 is 17.5 Å². The number of anilines is 1. The second kappa shape index (κ2) is 11.0. The Bertz CT molecular complexity index is 961. The Morgan fingerprint density at radius 1 is 0.912 bits per heavy atom. The molecule has 2 aromatic carbocycles. The van der Waals surface area contributed by atoms with Crippen molar-refractivity contribution in [3.8, 4) is 0 Å². The first kappa shape index (κ1) is 24.3. The smallest absolute Gasteiger partial charge is 0.230 e. The number of aryl methyl sites for hydroxylation is 1. The van der Waals surface area contributed by atoms with E-state index >= 15 is 0 Å². The van der Waals surface area contributed by atoms with E-state index in [1.165, 1.54) is 11.3 Å². The van der Waals surface area contributed by atoms with E-state index in [1.807, 2.05) is 23.1 Å². The highest BCUT2D eigenvalue weighted by atomic mass is 16.2. The highest BCUT2D eigenvalue weighted by Crippen LogP contribution is 2.36. The van der Waals surface area contributed by atoms with Crippen LogP contribution < -0.4 is 10.2 Å². The monoisotopic (exact) mass is 462 g/mol. The topological polar surface area (TPSA) is 55.9 Å². The van der Waals surface area contributed by atoms with Crippen molar-refractivity contribution in [3.63, 3.8) is 0 Å². The van der Waals surface area contributed by atoms with Crippen molar-refractivity contribution in [2.45, 2.75) is 38.5 Å². The van der Waals surface area contributed by atoms with E-state index in [9.17, 15) is 9.59 Å². The van der Waals surface area contributed by atoms with Gasteiger partial charge in [0.05, 0.1) is 5.41 Å². The van der Waals surface area contributed by atoms with Crippen LogP contribution in [0.15, 0.2) is 54.6 Å². The van der Waals surface area contributed by atoms with Crippen molar-refractivity contribution < 1.29 is 9.59 Å². The summed E-state index contributed by atoms with van der Waals surface area (Å²) in [7, 11) is 0. The summed E-state index contributed by atoms with van der Waals surface area (Å²) in [6, 6.07) is 18.8. The fourth-order valence-electron chi connectivity index (χ4n) is 5.34. The number of carbonyl (C=O) groups is 2. The third-order valence-electron chi connectivity index (χ3n) is 7.50. The summed E-state index contributed by atoms with van der Waals surface area (Å²) >= 11 is 0. The molecule has 1 N–H and O–H groups in total. The van der Waals surface area contributed by atoms with E-state index in [-0.39, 0.29) is 11.8 Å². The normalized spacial score (nSPS) is 18.5. The number of piperidine rings is 1. The zero-order valence-electron chi connectivity index (χ0n) is 20.6. The summed E-state index contributed by atoms with van der Waals surface area (Å²) in [5.41, 5.74) is 3.12. The fraction of sp³-hybridized carbons (Fsp3) is 0.500. The fourth-order valence-corrected chi connectivity index (χ4v) is 5.34. The lowest BCUT2D eigenvalue weighted by Gasteiger charge is -2.41. The molecule has 0 aliphatic carbocycles. The third-order valence-corrected chi connectivity index (χ3v) is 7.50. The maximum absolute atomic E-state index is 13.4. The van der Waals surface area contributed by atoms with Gasteiger partial charge >= 0.3 is 0 Å². The van der Waals surface area contributed by atoms with Crippen LogP contribution in [0.25, 0.3) is 0 Å². The lowest BCUT2D eigenvalue weighted by atomic mass is 9.72. The average Bonchev–Trinajstić information content (AvgIpc) is 2.87. The summed E-state index contributed by atoms with van der Waals surface area (Å²) in [6.07, 6.45) is 2.29. The van der Waals surface area contributed by atoms with Gasteiger partial charge in [-0.05, 0) is 56.0 Å². The first-order chi connectivity index (χ1) is 16.5. The predicted molar refractivity (Wildman–Crippen MR) is 137 cm³/mol. The van der Waals surface area contributed by atoms with Crippen LogP contribution in [-0.2, 0) is 15.0 Å². The van der Waals surface area contributed by atoms with Gasteiger partial charge in [0.1, 0.15) is 0 Å². The zero-order valence-corrected chi connectivity index (χ0v) is 20.6. The maximum Gasteiger partial charge on any atom is 0.230 e. The Morgan fingerprint density at radius 2 is 1.62 bits per heavy atom. The molecule has 0 spiro atoms. The Labute approximate surface area is 203 Å². The number of hydrogen-bond acceptors (Lipinski definition) is 4. The van der Waals surface area contributed by atoms with Gasteiger partial charge in [0, 0.05) is 58.4 Å². The highest BCUT2D eigenvalue weighted by Gasteiger charge is 2.43. The Hall–Kier alpha value is -2.86. The van der Waals surface area contributed by atoms with Gasteiger partial charge in [0.15, 0.2) is 0 Å². The van der Waals surface area contributed by atoms with Crippen LogP contribution in [0.2, 0.25) is 0 Å². The molecule has 0 atom stereocenters. The van der Waals surface area contributed by atoms with E-state index in [1.54, 1.807) is 6.92 Å². The van der Waals surface area contributed by atoms with Gasteiger partial charge in [-0.3, -0.25) is 14.5 Å². The van der Waals surface area contributed by atoms with Gasteiger partial charge in [0.2, 0.25) is 11.8 Å². The molecule has 34 heavy (non-hydrogen) atoms. The molecule has 182 valence electrons. The predicted octanol–water partition coefficient (Wildman–Crippen LogP) is 3.20. The SMILES string of the molecule is CC(=O)N1CCC(C(=O)NCCCN2CCN(c3cccc(C)c3)CC2)(c2ccccc2)CC1. The number of likely N-dealkylation sites (tertiary alicyclic amines) is 1. The molecule has 6 heteroatoms. The zero-order chi connectivity index (χ0) is 24.0. The van der Waals surface area contributed by atoms with Gasteiger partial charge in [0.25, 0.3) is 0 Å².